The summed E-state index contributed by atoms with van der Waals surface area (Å²) in [5, 5.41) is 4.51. The van der Waals surface area contributed by atoms with Crippen molar-refractivity contribution in [2.45, 2.75) is 13.5 Å². The summed E-state index contributed by atoms with van der Waals surface area (Å²) < 4.78 is 23.1. The molecule has 3 rings (SSSR count). The zero-order valence-corrected chi connectivity index (χ0v) is 14.2. The molecule has 1 amide bonds. The zero-order valence-electron chi connectivity index (χ0n) is 14.2. The molecule has 25 heavy (non-hydrogen) atoms. The fourth-order valence-electron chi connectivity index (χ4n) is 2.91. The summed E-state index contributed by atoms with van der Waals surface area (Å²) in [6.07, 6.45) is 1.64. The van der Waals surface area contributed by atoms with Gasteiger partial charge in [0.25, 0.3) is 5.91 Å². The Hall–Kier alpha value is -2.67. The highest BCUT2D eigenvalue weighted by Gasteiger charge is 2.19. The van der Waals surface area contributed by atoms with Crippen molar-refractivity contribution in [1.82, 2.24) is 15.3 Å². The van der Waals surface area contributed by atoms with Crippen LogP contribution < -0.4 is 10.1 Å². The number of nitrogens with one attached hydrogen (secondary N) is 2. The summed E-state index contributed by atoms with van der Waals surface area (Å²) in [5.74, 6) is 0.335. The van der Waals surface area contributed by atoms with Gasteiger partial charge >= 0.3 is 0 Å². The van der Waals surface area contributed by atoms with E-state index in [1.807, 2.05) is 19.1 Å². The molecular weight excluding hydrogens is 324 g/mol. The van der Waals surface area contributed by atoms with Gasteiger partial charge in [-0.05, 0) is 25.1 Å². The van der Waals surface area contributed by atoms with Crippen molar-refractivity contribution in [3.63, 3.8) is 0 Å². The molecule has 0 saturated heterocycles. The molecule has 2 N–H and O–H groups in total. The SMILES string of the molecule is CCNC(=O)c1ncc2[nH]c3ccc(OCC[18F])cc3c2c1COC. The minimum absolute atomic E-state index is 0.00447. The monoisotopic (exact) mass is 344 g/mol. The maximum absolute atomic E-state index is 12.4. The average molecular weight is 344 g/mol. The van der Waals surface area contributed by atoms with Crippen LogP contribution in [0.15, 0.2) is 24.4 Å². The number of pyridine rings is 1. The van der Waals surface area contributed by atoms with E-state index in [0.717, 1.165) is 21.8 Å². The molecule has 0 aliphatic rings. The second-order valence-electron chi connectivity index (χ2n) is 5.54. The van der Waals surface area contributed by atoms with Crippen molar-refractivity contribution in [2.75, 3.05) is 26.9 Å². The number of carbonyl (C=O) groups excluding carboxylic acids is 1. The van der Waals surface area contributed by atoms with Gasteiger partial charge in [0.1, 0.15) is 24.7 Å². The van der Waals surface area contributed by atoms with Gasteiger partial charge in [0.05, 0.1) is 18.3 Å². The first kappa shape index (κ1) is 17.2. The number of benzene rings is 1. The number of ether oxygens (including phenoxy) is 2. The normalized spacial score (nSPS) is 11.2. The molecule has 0 atom stereocenters. The lowest BCUT2D eigenvalue weighted by molar-refractivity contribution is 0.0946. The molecule has 0 unspecified atom stereocenters. The Morgan fingerprint density at radius 2 is 2.20 bits per heavy atom. The van der Waals surface area contributed by atoms with Crippen LogP contribution >= 0.6 is 0 Å². The second-order valence-corrected chi connectivity index (χ2v) is 5.54. The third-order valence-electron chi connectivity index (χ3n) is 3.90. The first-order valence-corrected chi connectivity index (χ1v) is 8.08. The molecule has 0 fully saturated rings. The summed E-state index contributed by atoms with van der Waals surface area (Å²) in [7, 11) is 1.57. The molecule has 6 nitrogen and oxygen atoms in total. The van der Waals surface area contributed by atoms with Crippen LogP contribution in [0.25, 0.3) is 21.8 Å². The molecule has 0 bridgehead atoms. The minimum atomic E-state index is -0.550. The number of aromatic amines is 1. The predicted octanol–water partition coefficient (Wildman–Crippen LogP) is 2.96. The number of methoxy groups -OCH3 is 1. The van der Waals surface area contributed by atoms with Gasteiger partial charge in [0, 0.05) is 35.5 Å². The van der Waals surface area contributed by atoms with Crippen LogP contribution in [0.2, 0.25) is 0 Å². The first-order chi connectivity index (χ1) is 12.2. The lowest BCUT2D eigenvalue weighted by Crippen LogP contribution is -2.25. The molecule has 3 aromatic rings. The maximum Gasteiger partial charge on any atom is 0.270 e. The van der Waals surface area contributed by atoms with Gasteiger partial charge in [-0.1, -0.05) is 0 Å². The van der Waals surface area contributed by atoms with Crippen molar-refractivity contribution in [3.05, 3.63) is 35.7 Å². The second kappa shape index (κ2) is 7.48. The van der Waals surface area contributed by atoms with Crippen LogP contribution in [0.4, 0.5) is 4.39 Å². The van der Waals surface area contributed by atoms with E-state index >= 15 is 0 Å². The highest BCUT2D eigenvalue weighted by atomic mass is 18.2. The molecule has 0 radical (unpaired) electrons. The lowest BCUT2D eigenvalue weighted by atomic mass is 10.1. The van der Waals surface area contributed by atoms with Crippen molar-refractivity contribution in [1.29, 1.82) is 0 Å². The van der Waals surface area contributed by atoms with E-state index in [1.54, 1.807) is 19.4 Å². The number of alkyl halides is 1. The molecule has 1 aromatic carbocycles. The van der Waals surface area contributed by atoms with E-state index in [4.69, 9.17) is 9.47 Å². The van der Waals surface area contributed by atoms with Crippen LogP contribution in [0.5, 0.6) is 5.75 Å². The molecule has 0 aliphatic heterocycles. The van der Waals surface area contributed by atoms with Gasteiger partial charge in [-0.25, -0.2) is 9.37 Å². The third kappa shape index (κ3) is 3.28. The van der Waals surface area contributed by atoms with Crippen LogP contribution in [-0.4, -0.2) is 42.8 Å². The Morgan fingerprint density at radius 1 is 1.36 bits per heavy atom. The van der Waals surface area contributed by atoms with Crippen LogP contribution in [0.1, 0.15) is 23.0 Å². The fourth-order valence-corrected chi connectivity index (χ4v) is 2.91. The number of hydrogen-bond acceptors (Lipinski definition) is 4. The number of halogens is 1. The highest BCUT2D eigenvalue weighted by Crippen LogP contribution is 2.32. The summed E-state index contributed by atoms with van der Waals surface area (Å²) in [5.41, 5.74) is 2.74. The van der Waals surface area contributed by atoms with E-state index in [0.29, 0.717) is 23.6 Å². The number of nitrogens with zero attached hydrogens (tertiary/aromatic N) is 1. The molecule has 132 valence electrons. The summed E-state index contributed by atoms with van der Waals surface area (Å²) in [4.78, 5) is 19.9. The third-order valence-corrected chi connectivity index (χ3v) is 3.90. The van der Waals surface area contributed by atoms with Gasteiger partial charge in [-0.2, -0.15) is 0 Å². The topological polar surface area (TPSA) is 76.2 Å². The number of amides is 1. The largest absolute Gasteiger partial charge is 0.491 e. The Kier molecular flexibility index (Phi) is 5.14. The Balaban J connectivity index is 2.22. The van der Waals surface area contributed by atoms with Gasteiger partial charge in [0.15, 0.2) is 0 Å². The number of H-pyrrole nitrogens is 1. The highest BCUT2D eigenvalue weighted by molar-refractivity contribution is 6.11. The minimum Gasteiger partial charge on any atom is -0.491 e. The molecular formula is C18H20FN3O3. The molecule has 7 heteroatoms. The van der Waals surface area contributed by atoms with E-state index in [-0.39, 0.29) is 19.1 Å². The standard InChI is InChI=1S/C18H20FN3O3/c1-3-20-18(23)17-13(10-24-2)16-12-8-11(25-7-6-19)4-5-14(12)22-15(16)9-21-17/h4-5,8-9,22H,3,6-7,10H2,1-2H3,(H,20,23)/i19-1. The lowest BCUT2D eigenvalue weighted by Gasteiger charge is -2.10. The molecule has 0 spiro atoms. The first-order valence-electron chi connectivity index (χ1n) is 8.08. The quantitative estimate of drug-likeness (QED) is 0.691. The van der Waals surface area contributed by atoms with Gasteiger partial charge in [-0.3, -0.25) is 4.79 Å². The average Bonchev–Trinajstić information content (AvgIpc) is 2.98. The van der Waals surface area contributed by atoms with E-state index in [9.17, 15) is 9.18 Å². The molecule has 0 aliphatic carbocycles. The Labute approximate surface area is 144 Å². The van der Waals surface area contributed by atoms with Gasteiger partial charge in [-0.15, -0.1) is 0 Å². The summed E-state index contributed by atoms with van der Waals surface area (Å²) in [6, 6.07) is 5.48. The number of carbonyl (C=O) groups is 1. The Morgan fingerprint density at radius 3 is 2.92 bits per heavy atom. The smallest absolute Gasteiger partial charge is 0.270 e. The molecule has 2 heterocycles. The van der Waals surface area contributed by atoms with Gasteiger partial charge in [0.2, 0.25) is 0 Å². The number of hydrogen-bond donors (Lipinski definition) is 2. The van der Waals surface area contributed by atoms with Crippen molar-refractivity contribution >= 4 is 27.7 Å². The Bertz CT molecular complexity index is 907. The van der Waals surface area contributed by atoms with Crippen molar-refractivity contribution in [3.8, 4) is 5.75 Å². The maximum atomic E-state index is 12.4. The van der Waals surface area contributed by atoms with Crippen molar-refractivity contribution < 1.29 is 18.7 Å². The van der Waals surface area contributed by atoms with Crippen LogP contribution in [0, 0.1) is 0 Å². The van der Waals surface area contributed by atoms with Crippen LogP contribution in [0.3, 0.4) is 0 Å². The zero-order chi connectivity index (χ0) is 17.8. The molecule has 2 aromatic heterocycles. The summed E-state index contributed by atoms with van der Waals surface area (Å²) >= 11 is 0. The summed E-state index contributed by atoms with van der Waals surface area (Å²) in [6.45, 7) is 2.07. The predicted molar refractivity (Wildman–Crippen MR) is 93.8 cm³/mol. The number of rotatable bonds is 7. The fraction of sp³-hybridized carbons (Fsp3) is 0.333. The van der Waals surface area contributed by atoms with E-state index < -0.39 is 6.67 Å². The van der Waals surface area contributed by atoms with Gasteiger partial charge < -0.3 is 19.8 Å². The van der Waals surface area contributed by atoms with Crippen molar-refractivity contribution in [2.24, 2.45) is 0 Å². The van der Waals surface area contributed by atoms with E-state index in [1.165, 1.54) is 0 Å². The van der Waals surface area contributed by atoms with Crippen LogP contribution in [-0.2, 0) is 11.3 Å². The molecule has 0 saturated carbocycles. The number of fused-ring (bicyclic) bond motifs is 3. The van der Waals surface area contributed by atoms with E-state index in [2.05, 4.69) is 15.3 Å². The number of aromatic nitrogens is 2.